The van der Waals surface area contributed by atoms with E-state index in [1.54, 1.807) is 6.07 Å². The maximum absolute atomic E-state index is 12.2. The molecule has 0 bridgehead atoms. The number of benzene rings is 1. The summed E-state index contributed by atoms with van der Waals surface area (Å²) in [5.74, 6) is -0.247. The molecule has 0 aliphatic rings. The van der Waals surface area contributed by atoms with E-state index in [9.17, 15) is 13.2 Å². The highest BCUT2D eigenvalue weighted by Crippen LogP contribution is 2.30. The Hall–Kier alpha value is -0.460. The van der Waals surface area contributed by atoms with E-state index in [2.05, 4.69) is 27.6 Å². The summed E-state index contributed by atoms with van der Waals surface area (Å²) >= 11 is 3.17. The Morgan fingerprint density at radius 3 is 2.45 bits per heavy atom. The number of alkyl halides is 3. The van der Waals surface area contributed by atoms with Crippen molar-refractivity contribution in [1.29, 1.82) is 0 Å². The van der Waals surface area contributed by atoms with Crippen molar-refractivity contribution in [3.8, 4) is 5.75 Å². The molecule has 7 heteroatoms. The Kier molecular flexibility index (Phi) is 8.54. The summed E-state index contributed by atoms with van der Waals surface area (Å²) in [6.45, 7) is 2.08. The van der Waals surface area contributed by atoms with E-state index in [-0.39, 0.29) is 24.2 Å². The van der Waals surface area contributed by atoms with Crippen LogP contribution in [0.1, 0.15) is 44.2 Å². The van der Waals surface area contributed by atoms with Crippen LogP contribution in [0.3, 0.4) is 0 Å². The first kappa shape index (κ1) is 19.5. The first-order valence-electron chi connectivity index (χ1n) is 6.13. The van der Waals surface area contributed by atoms with Gasteiger partial charge < -0.3 is 10.5 Å². The fourth-order valence-corrected chi connectivity index (χ4v) is 2.26. The predicted octanol–water partition coefficient (Wildman–Crippen LogP) is 5.35. The summed E-state index contributed by atoms with van der Waals surface area (Å²) in [4.78, 5) is 0. The van der Waals surface area contributed by atoms with Crippen LogP contribution in [0.25, 0.3) is 0 Å². The van der Waals surface area contributed by atoms with Crippen molar-refractivity contribution < 1.29 is 17.9 Å². The molecule has 0 amide bonds. The lowest BCUT2D eigenvalue weighted by Gasteiger charge is -2.15. The van der Waals surface area contributed by atoms with Crippen molar-refractivity contribution in [1.82, 2.24) is 0 Å². The minimum atomic E-state index is -4.69. The van der Waals surface area contributed by atoms with Crippen LogP contribution in [-0.2, 0) is 0 Å². The Labute approximate surface area is 131 Å². The van der Waals surface area contributed by atoms with Gasteiger partial charge in [0, 0.05) is 10.5 Å². The van der Waals surface area contributed by atoms with E-state index in [1.807, 2.05) is 0 Å². The van der Waals surface area contributed by atoms with Gasteiger partial charge in [-0.05, 0) is 30.2 Å². The summed E-state index contributed by atoms with van der Waals surface area (Å²) in [6, 6.07) is 4.06. The Balaban J connectivity index is 0.00000361. The normalized spacial score (nSPS) is 12.7. The lowest BCUT2D eigenvalue weighted by Crippen LogP contribution is -2.18. The van der Waals surface area contributed by atoms with Crippen LogP contribution in [0.15, 0.2) is 22.7 Å². The van der Waals surface area contributed by atoms with Crippen LogP contribution < -0.4 is 10.5 Å². The van der Waals surface area contributed by atoms with Gasteiger partial charge in [-0.2, -0.15) is 0 Å². The van der Waals surface area contributed by atoms with E-state index in [4.69, 9.17) is 5.73 Å². The van der Waals surface area contributed by atoms with Crippen molar-refractivity contribution in [3.63, 3.8) is 0 Å². The minimum absolute atomic E-state index is 0. The van der Waals surface area contributed by atoms with E-state index >= 15 is 0 Å². The highest BCUT2D eigenvalue weighted by atomic mass is 79.9. The number of halogens is 5. The molecule has 1 aromatic carbocycles. The Bertz CT molecular complexity index is 415. The average Bonchev–Trinajstić information content (AvgIpc) is 2.26. The Morgan fingerprint density at radius 2 is 1.90 bits per heavy atom. The van der Waals surface area contributed by atoms with Crippen LogP contribution in [0.4, 0.5) is 13.2 Å². The monoisotopic (exact) mass is 375 g/mol. The van der Waals surface area contributed by atoms with Gasteiger partial charge in [0.05, 0.1) is 0 Å². The molecular formula is C13H18BrClF3NO. The molecule has 0 spiro atoms. The van der Waals surface area contributed by atoms with Crippen molar-refractivity contribution >= 4 is 28.3 Å². The number of rotatable bonds is 6. The topological polar surface area (TPSA) is 35.2 Å². The largest absolute Gasteiger partial charge is 0.573 e. The summed E-state index contributed by atoms with van der Waals surface area (Å²) in [5, 5.41) is 0. The van der Waals surface area contributed by atoms with Crippen LogP contribution >= 0.6 is 28.3 Å². The predicted molar refractivity (Wildman–Crippen MR) is 79.1 cm³/mol. The zero-order valence-corrected chi connectivity index (χ0v) is 13.4. The van der Waals surface area contributed by atoms with Gasteiger partial charge in [0.1, 0.15) is 5.75 Å². The first-order chi connectivity index (χ1) is 8.81. The molecule has 0 fully saturated rings. The van der Waals surface area contributed by atoms with Crippen molar-refractivity contribution in [2.24, 2.45) is 5.73 Å². The lowest BCUT2D eigenvalue weighted by molar-refractivity contribution is -0.274. The van der Waals surface area contributed by atoms with Crippen molar-refractivity contribution in [3.05, 3.63) is 28.2 Å². The molecule has 1 atom stereocenters. The van der Waals surface area contributed by atoms with Gasteiger partial charge in [0.15, 0.2) is 0 Å². The summed E-state index contributed by atoms with van der Waals surface area (Å²) in [6.07, 6.45) is -0.846. The van der Waals surface area contributed by atoms with Crippen LogP contribution in [0, 0.1) is 0 Å². The van der Waals surface area contributed by atoms with Crippen LogP contribution in [0.5, 0.6) is 5.75 Å². The molecule has 116 valence electrons. The Morgan fingerprint density at radius 1 is 1.25 bits per heavy atom. The summed E-state index contributed by atoms with van der Waals surface area (Å²) in [7, 11) is 0. The number of nitrogens with two attached hydrogens (primary N) is 1. The van der Waals surface area contributed by atoms with Gasteiger partial charge in [-0.1, -0.05) is 42.1 Å². The second kappa shape index (κ2) is 8.74. The minimum Gasteiger partial charge on any atom is -0.406 e. The van der Waals surface area contributed by atoms with Crippen LogP contribution in [0.2, 0.25) is 0 Å². The standard InChI is InChI=1S/C13H17BrF3NO.ClH/c1-2-3-4-5-12(18)9-6-10(14)8-11(7-9)19-13(15,16)17;/h6-8,12H,2-5,18H2,1H3;1H/t12-;/m1./s1. The van der Waals surface area contributed by atoms with Gasteiger partial charge in [0.25, 0.3) is 0 Å². The van der Waals surface area contributed by atoms with Gasteiger partial charge in [-0.15, -0.1) is 25.6 Å². The fourth-order valence-electron chi connectivity index (χ4n) is 1.77. The molecule has 20 heavy (non-hydrogen) atoms. The molecule has 1 rings (SSSR count). The SMILES string of the molecule is CCCCC[C@@H](N)c1cc(Br)cc(OC(F)(F)F)c1.Cl. The molecule has 2 N–H and O–H groups in total. The highest BCUT2D eigenvalue weighted by molar-refractivity contribution is 9.10. The molecule has 2 nitrogen and oxygen atoms in total. The van der Waals surface area contributed by atoms with Crippen molar-refractivity contribution in [2.75, 3.05) is 0 Å². The number of unbranched alkanes of at least 4 members (excludes halogenated alkanes) is 2. The molecule has 0 aliphatic heterocycles. The molecule has 0 aliphatic carbocycles. The molecule has 0 heterocycles. The third kappa shape index (κ3) is 7.36. The third-order valence-electron chi connectivity index (χ3n) is 2.67. The average molecular weight is 377 g/mol. The number of ether oxygens (including phenoxy) is 1. The van der Waals surface area contributed by atoms with Gasteiger partial charge in [-0.25, -0.2) is 0 Å². The highest BCUT2D eigenvalue weighted by Gasteiger charge is 2.31. The molecule has 0 radical (unpaired) electrons. The molecule has 0 unspecified atom stereocenters. The maximum atomic E-state index is 12.2. The fraction of sp³-hybridized carbons (Fsp3) is 0.538. The van der Waals surface area contributed by atoms with Gasteiger partial charge >= 0.3 is 6.36 Å². The second-order valence-corrected chi connectivity index (χ2v) is 5.29. The quantitative estimate of drug-likeness (QED) is 0.679. The zero-order chi connectivity index (χ0) is 14.5. The van der Waals surface area contributed by atoms with E-state index < -0.39 is 6.36 Å². The molecule has 0 saturated carbocycles. The van der Waals surface area contributed by atoms with E-state index in [0.717, 1.165) is 25.7 Å². The van der Waals surface area contributed by atoms with Crippen molar-refractivity contribution in [2.45, 2.75) is 45.0 Å². The molecule has 0 aromatic heterocycles. The molecule has 1 aromatic rings. The van der Waals surface area contributed by atoms with Gasteiger partial charge in [0.2, 0.25) is 0 Å². The number of hydrogen-bond acceptors (Lipinski definition) is 2. The molecular weight excluding hydrogens is 358 g/mol. The summed E-state index contributed by atoms with van der Waals surface area (Å²) < 4.78 is 41.0. The first-order valence-corrected chi connectivity index (χ1v) is 6.93. The van der Waals surface area contributed by atoms with E-state index in [1.165, 1.54) is 12.1 Å². The van der Waals surface area contributed by atoms with Gasteiger partial charge in [-0.3, -0.25) is 0 Å². The smallest absolute Gasteiger partial charge is 0.406 e. The number of hydrogen-bond donors (Lipinski definition) is 1. The zero-order valence-electron chi connectivity index (χ0n) is 11.0. The van der Waals surface area contributed by atoms with Crippen LogP contribution in [-0.4, -0.2) is 6.36 Å². The third-order valence-corrected chi connectivity index (χ3v) is 3.13. The van der Waals surface area contributed by atoms with E-state index in [0.29, 0.717) is 10.0 Å². The second-order valence-electron chi connectivity index (χ2n) is 4.37. The molecule has 0 saturated heterocycles. The summed E-state index contributed by atoms with van der Waals surface area (Å²) in [5.41, 5.74) is 6.62. The maximum Gasteiger partial charge on any atom is 0.573 e. The lowest BCUT2D eigenvalue weighted by atomic mass is 10.0.